The van der Waals surface area contributed by atoms with E-state index in [1.54, 1.807) is 36.4 Å². The standard InChI is InChI=1S/C17H10Cl2N4O/c18-14-6-5-13(7-15(14)19)23-17(24)12(9-21)10-22-16-4-2-1-3-11(16)8-20/h1-7,10,22H,(H,23,24)/b12-10-. The summed E-state index contributed by atoms with van der Waals surface area (Å²) in [7, 11) is 0. The van der Waals surface area contributed by atoms with Crippen molar-refractivity contribution < 1.29 is 4.79 Å². The molecular formula is C17H10Cl2N4O. The van der Waals surface area contributed by atoms with Crippen LogP contribution in [-0.4, -0.2) is 5.91 Å². The third-order valence-corrected chi connectivity index (χ3v) is 3.70. The summed E-state index contributed by atoms with van der Waals surface area (Å²) in [6.07, 6.45) is 1.24. The number of carbonyl (C=O) groups is 1. The second kappa shape index (κ2) is 8.03. The van der Waals surface area contributed by atoms with E-state index in [0.717, 1.165) is 0 Å². The normalized spacial score (nSPS) is 10.4. The van der Waals surface area contributed by atoms with Gasteiger partial charge in [-0.1, -0.05) is 35.3 Å². The third-order valence-electron chi connectivity index (χ3n) is 2.96. The van der Waals surface area contributed by atoms with Crippen molar-refractivity contribution in [3.05, 3.63) is 69.8 Å². The molecule has 24 heavy (non-hydrogen) atoms. The molecule has 0 aliphatic rings. The molecule has 0 aliphatic heterocycles. The first-order valence-corrected chi connectivity index (χ1v) is 7.43. The molecule has 2 N–H and O–H groups in total. The highest BCUT2D eigenvalue weighted by atomic mass is 35.5. The predicted molar refractivity (Wildman–Crippen MR) is 93.6 cm³/mol. The Morgan fingerprint density at radius 2 is 1.83 bits per heavy atom. The molecule has 0 atom stereocenters. The molecule has 0 unspecified atom stereocenters. The number of benzene rings is 2. The van der Waals surface area contributed by atoms with Gasteiger partial charge in [-0.3, -0.25) is 4.79 Å². The van der Waals surface area contributed by atoms with Crippen molar-refractivity contribution in [3.8, 4) is 12.1 Å². The highest BCUT2D eigenvalue weighted by Crippen LogP contribution is 2.25. The average Bonchev–Trinajstić information content (AvgIpc) is 2.59. The Kier molecular flexibility index (Phi) is 5.81. The summed E-state index contributed by atoms with van der Waals surface area (Å²) in [5, 5.41) is 24.1. The first kappa shape index (κ1) is 17.4. The fraction of sp³-hybridized carbons (Fsp3) is 0. The molecule has 0 bridgehead atoms. The van der Waals surface area contributed by atoms with Gasteiger partial charge in [0.1, 0.15) is 17.7 Å². The van der Waals surface area contributed by atoms with E-state index in [-0.39, 0.29) is 10.6 Å². The Hall–Kier alpha value is -2.99. The lowest BCUT2D eigenvalue weighted by Gasteiger charge is -2.07. The number of carbonyl (C=O) groups excluding carboxylic acids is 1. The van der Waals surface area contributed by atoms with Gasteiger partial charge in [0.05, 0.1) is 21.3 Å². The second-order valence-corrected chi connectivity index (χ2v) is 5.37. The number of hydrogen-bond acceptors (Lipinski definition) is 4. The minimum absolute atomic E-state index is 0.159. The SMILES string of the molecule is N#C/C(=C/Nc1ccccc1C#N)C(=O)Nc1ccc(Cl)c(Cl)c1. The van der Waals surface area contributed by atoms with E-state index < -0.39 is 5.91 Å². The molecule has 2 rings (SSSR count). The number of halogens is 2. The van der Waals surface area contributed by atoms with E-state index in [4.69, 9.17) is 33.7 Å². The van der Waals surface area contributed by atoms with Gasteiger partial charge in [-0.15, -0.1) is 0 Å². The summed E-state index contributed by atoms with van der Waals surface area (Å²) in [5.41, 5.74) is 1.15. The zero-order chi connectivity index (χ0) is 17.5. The van der Waals surface area contributed by atoms with E-state index in [2.05, 4.69) is 10.6 Å². The first-order chi connectivity index (χ1) is 11.5. The summed E-state index contributed by atoms with van der Waals surface area (Å²) in [6, 6.07) is 15.1. The zero-order valence-electron chi connectivity index (χ0n) is 12.2. The van der Waals surface area contributed by atoms with Crippen LogP contribution in [0.1, 0.15) is 5.56 Å². The average molecular weight is 357 g/mol. The zero-order valence-corrected chi connectivity index (χ0v) is 13.7. The second-order valence-electron chi connectivity index (χ2n) is 4.55. The summed E-state index contributed by atoms with van der Waals surface area (Å²) < 4.78 is 0. The van der Waals surface area contributed by atoms with Crippen LogP contribution in [0.5, 0.6) is 0 Å². The number of hydrogen-bond donors (Lipinski definition) is 2. The number of nitriles is 2. The summed E-state index contributed by atoms with van der Waals surface area (Å²) >= 11 is 11.7. The molecule has 5 nitrogen and oxygen atoms in total. The number of rotatable bonds is 4. The van der Waals surface area contributed by atoms with Crippen LogP contribution >= 0.6 is 23.2 Å². The maximum absolute atomic E-state index is 12.1. The number of amides is 1. The molecule has 1 amide bonds. The molecule has 118 valence electrons. The number of nitrogens with zero attached hydrogens (tertiary/aromatic N) is 2. The highest BCUT2D eigenvalue weighted by molar-refractivity contribution is 6.42. The van der Waals surface area contributed by atoms with Crippen molar-refractivity contribution in [1.82, 2.24) is 0 Å². The minimum atomic E-state index is -0.613. The van der Waals surface area contributed by atoms with Crippen LogP contribution in [0, 0.1) is 22.7 Å². The molecule has 0 heterocycles. The van der Waals surface area contributed by atoms with Gasteiger partial charge in [-0.2, -0.15) is 10.5 Å². The van der Waals surface area contributed by atoms with Crippen LogP contribution in [0.2, 0.25) is 10.0 Å². The highest BCUT2D eigenvalue weighted by Gasteiger charge is 2.10. The predicted octanol–water partition coefficient (Wildman–Crippen LogP) is 4.32. The molecule has 2 aromatic carbocycles. The molecule has 0 saturated heterocycles. The van der Waals surface area contributed by atoms with Crippen molar-refractivity contribution in [2.24, 2.45) is 0 Å². The number of nitrogens with one attached hydrogen (secondary N) is 2. The van der Waals surface area contributed by atoms with E-state index in [1.165, 1.54) is 18.3 Å². The molecule has 0 fully saturated rings. The summed E-state index contributed by atoms with van der Waals surface area (Å²) in [6.45, 7) is 0. The van der Waals surface area contributed by atoms with Crippen LogP contribution in [0.3, 0.4) is 0 Å². The van der Waals surface area contributed by atoms with Crippen molar-refractivity contribution in [1.29, 1.82) is 10.5 Å². The summed E-state index contributed by atoms with van der Waals surface area (Å²) in [5.74, 6) is -0.613. The minimum Gasteiger partial charge on any atom is -0.359 e. The van der Waals surface area contributed by atoms with Gasteiger partial charge in [-0.25, -0.2) is 0 Å². The molecule has 2 aromatic rings. The van der Waals surface area contributed by atoms with Crippen LogP contribution < -0.4 is 10.6 Å². The Morgan fingerprint density at radius 1 is 1.08 bits per heavy atom. The van der Waals surface area contributed by atoms with Gasteiger partial charge < -0.3 is 10.6 Å². The Morgan fingerprint density at radius 3 is 2.50 bits per heavy atom. The largest absolute Gasteiger partial charge is 0.359 e. The molecule has 0 aromatic heterocycles. The fourth-order valence-electron chi connectivity index (χ4n) is 1.78. The van der Waals surface area contributed by atoms with Crippen LogP contribution in [0.25, 0.3) is 0 Å². The monoisotopic (exact) mass is 356 g/mol. The van der Waals surface area contributed by atoms with Crippen LogP contribution in [0.15, 0.2) is 54.2 Å². The van der Waals surface area contributed by atoms with Gasteiger partial charge in [0.2, 0.25) is 0 Å². The van der Waals surface area contributed by atoms with Gasteiger partial charge in [0.15, 0.2) is 0 Å². The molecule has 0 spiro atoms. The molecular weight excluding hydrogens is 347 g/mol. The molecule has 0 radical (unpaired) electrons. The summed E-state index contributed by atoms with van der Waals surface area (Å²) in [4.78, 5) is 12.1. The number of anilines is 2. The topological polar surface area (TPSA) is 88.7 Å². The third kappa shape index (κ3) is 4.27. The van der Waals surface area contributed by atoms with Gasteiger partial charge in [0.25, 0.3) is 5.91 Å². The van der Waals surface area contributed by atoms with E-state index in [9.17, 15) is 4.79 Å². The van der Waals surface area contributed by atoms with Gasteiger partial charge >= 0.3 is 0 Å². The van der Waals surface area contributed by atoms with E-state index in [0.29, 0.717) is 22.0 Å². The lowest BCUT2D eigenvalue weighted by atomic mass is 10.2. The smallest absolute Gasteiger partial charge is 0.267 e. The van der Waals surface area contributed by atoms with Crippen LogP contribution in [-0.2, 0) is 4.79 Å². The molecule has 0 aliphatic carbocycles. The van der Waals surface area contributed by atoms with Gasteiger partial charge in [-0.05, 0) is 30.3 Å². The Bertz CT molecular complexity index is 894. The van der Waals surface area contributed by atoms with Crippen molar-refractivity contribution in [2.45, 2.75) is 0 Å². The Balaban J connectivity index is 2.15. The van der Waals surface area contributed by atoms with Crippen molar-refractivity contribution in [3.63, 3.8) is 0 Å². The maximum atomic E-state index is 12.1. The fourth-order valence-corrected chi connectivity index (χ4v) is 2.08. The molecule has 0 saturated carbocycles. The maximum Gasteiger partial charge on any atom is 0.267 e. The first-order valence-electron chi connectivity index (χ1n) is 6.67. The lowest BCUT2D eigenvalue weighted by molar-refractivity contribution is -0.112. The number of para-hydroxylation sites is 1. The van der Waals surface area contributed by atoms with Gasteiger partial charge in [0, 0.05) is 11.9 Å². The van der Waals surface area contributed by atoms with Crippen LogP contribution in [0.4, 0.5) is 11.4 Å². The quantitative estimate of drug-likeness (QED) is 0.630. The van der Waals surface area contributed by atoms with Crippen molar-refractivity contribution in [2.75, 3.05) is 10.6 Å². The van der Waals surface area contributed by atoms with E-state index in [1.807, 2.05) is 6.07 Å². The van der Waals surface area contributed by atoms with E-state index >= 15 is 0 Å². The lowest BCUT2D eigenvalue weighted by Crippen LogP contribution is -2.14. The Labute approximate surface area is 148 Å². The van der Waals surface area contributed by atoms with Crippen molar-refractivity contribution >= 4 is 40.5 Å². The molecule has 7 heteroatoms.